The summed E-state index contributed by atoms with van der Waals surface area (Å²) in [5.74, 6) is 0. The summed E-state index contributed by atoms with van der Waals surface area (Å²) in [6.45, 7) is 3.93. The van der Waals surface area contributed by atoms with Crippen molar-refractivity contribution >= 4 is 26.0 Å². The smallest absolute Gasteiger partial charge is 0.263 e. The van der Waals surface area contributed by atoms with Crippen molar-refractivity contribution in [1.82, 2.24) is 24.6 Å². The van der Waals surface area contributed by atoms with E-state index in [0.717, 1.165) is 25.8 Å². The summed E-state index contributed by atoms with van der Waals surface area (Å²) in [5, 5.41) is 11.0. The Kier molecular flexibility index (Phi) is 5.16. The van der Waals surface area contributed by atoms with E-state index < -0.39 is 10.0 Å². The molecule has 1 N–H and O–H groups in total. The number of hydrogen-bond acceptors (Lipinski definition) is 5. The molecule has 7 nitrogen and oxygen atoms in total. The van der Waals surface area contributed by atoms with Crippen molar-refractivity contribution in [2.75, 3.05) is 19.6 Å². The van der Waals surface area contributed by atoms with Crippen LogP contribution in [0.1, 0.15) is 26.2 Å². The number of nitrogens with zero attached hydrogens (tertiary/aromatic N) is 4. The van der Waals surface area contributed by atoms with Crippen LogP contribution in [0.4, 0.5) is 0 Å². The normalized spacial score (nSPS) is 19.9. The average Bonchev–Trinajstić information content (AvgIpc) is 2.99. The highest BCUT2D eigenvalue weighted by molar-refractivity contribution is 9.10. The Bertz CT molecular complexity index is 534. The summed E-state index contributed by atoms with van der Waals surface area (Å²) < 4.78 is 28.6. The summed E-state index contributed by atoms with van der Waals surface area (Å²) in [6.07, 6.45) is 2.89. The van der Waals surface area contributed by atoms with Crippen LogP contribution in [-0.2, 0) is 17.1 Å². The molecule has 0 bridgehead atoms. The maximum Gasteiger partial charge on any atom is 0.263 e. The summed E-state index contributed by atoms with van der Waals surface area (Å²) in [5.41, 5.74) is 0. The topological polar surface area (TPSA) is 80.1 Å². The number of sulfonamides is 1. The first-order chi connectivity index (χ1) is 9.46. The number of rotatable bonds is 6. The van der Waals surface area contributed by atoms with Crippen molar-refractivity contribution in [3.05, 3.63) is 4.60 Å². The van der Waals surface area contributed by atoms with Gasteiger partial charge < -0.3 is 5.32 Å². The Morgan fingerprint density at radius 3 is 2.80 bits per heavy atom. The second-order valence-corrected chi connectivity index (χ2v) is 7.57. The van der Waals surface area contributed by atoms with Gasteiger partial charge in [-0.3, -0.25) is 0 Å². The van der Waals surface area contributed by atoms with E-state index in [1.54, 1.807) is 7.05 Å². The van der Waals surface area contributed by atoms with E-state index >= 15 is 0 Å². The van der Waals surface area contributed by atoms with Crippen molar-refractivity contribution in [2.24, 2.45) is 7.05 Å². The fourth-order valence-corrected chi connectivity index (χ4v) is 5.05. The SMILES string of the molecule is CCCN(CC1CCCN1)S(=O)(=O)c1c(Br)nnn1C. The molecule has 2 heterocycles. The second-order valence-electron chi connectivity index (χ2n) is 4.97. The third-order valence-corrected chi connectivity index (χ3v) is 6.14. The van der Waals surface area contributed by atoms with E-state index in [0.29, 0.717) is 13.1 Å². The predicted octanol–water partition coefficient (Wildman–Crippen LogP) is 0.730. The molecule has 0 radical (unpaired) electrons. The standard InChI is InChI=1S/C11H20BrN5O2S/c1-3-7-17(8-9-5-4-6-13-9)20(18,19)11-10(12)14-15-16(11)2/h9,13H,3-8H2,1-2H3. The Morgan fingerprint density at radius 2 is 2.30 bits per heavy atom. The Balaban J connectivity index is 2.27. The molecule has 1 saturated heterocycles. The van der Waals surface area contributed by atoms with Gasteiger partial charge in [0.2, 0.25) is 5.03 Å². The molecule has 114 valence electrons. The fourth-order valence-electron chi connectivity index (χ4n) is 2.44. The molecule has 9 heteroatoms. The number of halogens is 1. The predicted molar refractivity (Wildman–Crippen MR) is 78.8 cm³/mol. The first-order valence-corrected chi connectivity index (χ1v) is 8.98. The van der Waals surface area contributed by atoms with Crippen LogP contribution in [0, 0.1) is 0 Å². The van der Waals surface area contributed by atoms with Gasteiger partial charge in [0.15, 0.2) is 4.60 Å². The van der Waals surface area contributed by atoms with Gasteiger partial charge in [-0.15, -0.1) is 5.10 Å². The number of nitrogens with one attached hydrogen (secondary N) is 1. The van der Waals surface area contributed by atoms with Gasteiger partial charge in [0.05, 0.1) is 0 Å². The molecular formula is C11H20BrN5O2S. The van der Waals surface area contributed by atoms with Gasteiger partial charge >= 0.3 is 0 Å². The zero-order valence-corrected chi connectivity index (χ0v) is 14.1. The monoisotopic (exact) mass is 365 g/mol. The van der Waals surface area contributed by atoms with Crippen LogP contribution in [0.3, 0.4) is 0 Å². The highest BCUT2D eigenvalue weighted by Crippen LogP contribution is 2.23. The average molecular weight is 366 g/mol. The molecule has 0 amide bonds. The Labute approximate surface area is 127 Å². The minimum Gasteiger partial charge on any atom is -0.313 e. The van der Waals surface area contributed by atoms with Gasteiger partial charge in [-0.2, -0.15) is 4.31 Å². The maximum absolute atomic E-state index is 12.8. The van der Waals surface area contributed by atoms with E-state index in [1.165, 1.54) is 8.99 Å². The van der Waals surface area contributed by atoms with Crippen molar-refractivity contribution in [1.29, 1.82) is 0 Å². The zero-order chi connectivity index (χ0) is 14.8. The summed E-state index contributed by atoms with van der Waals surface area (Å²) >= 11 is 3.17. The quantitative estimate of drug-likeness (QED) is 0.803. The first kappa shape index (κ1) is 15.9. The molecule has 0 spiro atoms. The van der Waals surface area contributed by atoms with Gasteiger partial charge in [0.1, 0.15) is 0 Å². The third-order valence-electron chi connectivity index (χ3n) is 3.38. The second kappa shape index (κ2) is 6.50. The molecule has 1 fully saturated rings. The van der Waals surface area contributed by atoms with Crippen LogP contribution >= 0.6 is 15.9 Å². The van der Waals surface area contributed by atoms with E-state index in [1.807, 2.05) is 6.92 Å². The van der Waals surface area contributed by atoms with Crippen molar-refractivity contribution in [3.63, 3.8) is 0 Å². The van der Waals surface area contributed by atoms with Crippen LogP contribution in [0.5, 0.6) is 0 Å². The van der Waals surface area contributed by atoms with Gasteiger partial charge in [-0.25, -0.2) is 13.1 Å². The van der Waals surface area contributed by atoms with Crippen LogP contribution in [0.2, 0.25) is 0 Å². The minimum atomic E-state index is -3.58. The highest BCUT2D eigenvalue weighted by atomic mass is 79.9. The Morgan fingerprint density at radius 1 is 1.55 bits per heavy atom. The van der Waals surface area contributed by atoms with Crippen LogP contribution < -0.4 is 5.32 Å². The lowest BCUT2D eigenvalue weighted by Crippen LogP contribution is -2.42. The molecule has 1 aliphatic rings. The van der Waals surface area contributed by atoms with Gasteiger partial charge in [-0.1, -0.05) is 12.1 Å². The van der Waals surface area contributed by atoms with Gasteiger partial charge in [0, 0.05) is 26.2 Å². The molecule has 1 unspecified atom stereocenters. The molecule has 1 aromatic heterocycles. The molecule has 0 saturated carbocycles. The molecule has 20 heavy (non-hydrogen) atoms. The van der Waals surface area contributed by atoms with Gasteiger partial charge in [-0.05, 0) is 41.7 Å². The lowest BCUT2D eigenvalue weighted by atomic mass is 10.2. The largest absolute Gasteiger partial charge is 0.313 e. The summed E-state index contributed by atoms with van der Waals surface area (Å²) in [6, 6.07) is 0.233. The fraction of sp³-hybridized carbons (Fsp3) is 0.818. The third kappa shape index (κ3) is 3.21. The van der Waals surface area contributed by atoms with Crippen LogP contribution in [-0.4, -0.2) is 53.4 Å². The van der Waals surface area contributed by atoms with E-state index in [4.69, 9.17) is 0 Å². The van der Waals surface area contributed by atoms with Crippen LogP contribution in [0.25, 0.3) is 0 Å². The lowest BCUT2D eigenvalue weighted by molar-refractivity contribution is 0.366. The number of aryl methyl sites for hydroxylation is 1. The molecular weight excluding hydrogens is 346 g/mol. The van der Waals surface area contributed by atoms with Crippen molar-refractivity contribution < 1.29 is 8.42 Å². The molecule has 0 aromatic carbocycles. The van der Waals surface area contributed by atoms with Crippen LogP contribution in [0.15, 0.2) is 9.63 Å². The van der Waals surface area contributed by atoms with Gasteiger partial charge in [0.25, 0.3) is 10.0 Å². The highest BCUT2D eigenvalue weighted by Gasteiger charge is 2.32. The maximum atomic E-state index is 12.8. The summed E-state index contributed by atoms with van der Waals surface area (Å²) in [7, 11) is -2.00. The van der Waals surface area contributed by atoms with Crippen molar-refractivity contribution in [2.45, 2.75) is 37.3 Å². The molecule has 2 rings (SSSR count). The Hall–Kier alpha value is -0.510. The molecule has 1 aliphatic heterocycles. The molecule has 1 atom stereocenters. The number of hydrogen-bond donors (Lipinski definition) is 1. The first-order valence-electron chi connectivity index (χ1n) is 6.75. The van der Waals surface area contributed by atoms with E-state index in [9.17, 15) is 8.42 Å². The summed E-state index contributed by atoms with van der Waals surface area (Å²) in [4.78, 5) is 0. The minimum absolute atomic E-state index is 0.115. The van der Waals surface area contributed by atoms with E-state index in [2.05, 4.69) is 31.6 Å². The number of aromatic nitrogens is 3. The lowest BCUT2D eigenvalue weighted by Gasteiger charge is -2.24. The molecule has 1 aromatic rings. The zero-order valence-electron chi connectivity index (χ0n) is 11.7. The van der Waals surface area contributed by atoms with Crippen molar-refractivity contribution in [3.8, 4) is 0 Å². The van der Waals surface area contributed by atoms with E-state index in [-0.39, 0.29) is 15.7 Å². The molecule has 0 aliphatic carbocycles.